The maximum atomic E-state index is 17.0. The zero-order valence-corrected chi connectivity index (χ0v) is 25.8. The molecule has 0 aliphatic carbocycles. The Morgan fingerprint density at radius 1 is 1.23 bits per heavy atom. The highest BCUT2D eigenvalue weighted by molar-refractivity contribution is 7.23. The molecule has 2 aromatic heterocycles. The predicted molar refractivity (Wildman–Crippen MR) is 163 cm³/mol. The van der Waals surface area contributed by atoms with E-state index < -0.39 is 46.2 Å². The highest BCUT2D eigenvalue weighted by Crippen LogP contribution is 2.49. The lowest BCUT2D eigenvalue weighted by molar-refractivity contribution is -0.151. The van der Waals surface area contributed by atoms with E-state index in [2.05, 4.69) is 9.97 Å². The summed E-state index contributed by atoms with van der Waals surface area (Å²) in [6.07, 6.45) is -3.84. The van der Waals surface area contributed by atoms with Crippen molar-refractivity contribution >= 4 is 43.1 Å². The van der Waals surface area contributed by atoms with Crippen LogP contribution in [0.2, 0.25) is 0 Å². The van der Waals surface area contributed by atoms with Crippen molar-refractivity contribution in [2.24, 2.45) is 0 Å². The number of rotatable bonds is 5. The number of thiophene rings is 1. The van der Waals surface area contributed by atoms with Gasteiger partial charge in [-0.05, 0) is 44.0 Å². The van der Waals surface area contributed by atoms with Crippen LogP contribution in [-0.4, -0.2) is 71.1 Å². The molecule has 2 bridgehead atoms. The SMILES string of the molecule is CC1C2CC(CN1c1nc(OCC34CCCN3CC(F)C4)nc3c(F)c(-c4ccc(F)c5sc(N)c(C#N)c45)c(C(F)(F)F)cc13)O2. The molecule has 0 spiro atoms. The Kier molecular flexibility index (Phi) is 6.85. The molecule has 7 heterocycles. The minimum atomic E-state index is -5.07. The van der Waals surface area contributed by atoms with Crippen molar-refractivity contribution in [2.45, 2.75) is 68.7 Å². The van der Waals surface area contributed by atoms with Crippen LogP contribution in [0.25, 0.3) is 32.1 Å². The molecule has 15 heteroatoms. The van der Waals surface area contributed by atoms with Crippen molar-refractivity contribution in [3.05, 3.63) is 41.0 Å². The summed E-state index contributed by atoms with van der Waals surface area (Å²) in [5.41, 5.74) is 2.10. The Morgan fingerprint density at radius 3 is 2.74 bits per heavy atom. The van der Waals surface area contributed by atoms with Gasteiger partial charge in [-0.15, -0.1) is 11.3 Å². The number of anilines is 2. The first-order valence-electron chi connectivity index (χ1n) is 15.3. The summed E-state index contributed by atoms with van der Waals surface area (Å²) in [6, 6.07) is 4.03. The van der Waals surface area contributed by atoms with E-state index in [0.29, 0.717) is 30.8 Å². The summed E-state index contributed by atoms with van der Waals surface area (Å²) >= 11 is 0.697. The average molecular weight is 675 g/mol. The number of nitrogen functional groups attached to an aromatic ring is 1. The minimum Gasteiger partial charge on any atom is -0.461 e. The van der Waals surface area contributed by atoms with Gasteiger partial charge in [-0.1, -0.05) is 6.07 Å². The fourth-order valence-corrected chi connectivity index (χ4v) is 8.86. The Hall–Kier alpha value is -3.87. The molecule has 9 rings (SSSR count). The predicted octanol–water partition coefficient (Wildman–Crippen LogP) is 6.58. The third-order valence-electron chi connectivity index (χ3n) is 10.2. The number of halogens is 6. The lowest BCUT2D eigenvalue weighted by Crippen LogP contribution is -2.62. The van der Waals surface area contributed by atoms with E-state index in [1.165, 1.54) is 0 Å². The summed E-state index contributed by atoms with van der Waals surface area (Å²) in [5, 5.41) is 9.29. The van der Waals surface area contributed by atoms with Gasteiger partial charge < -0.3 is 20.1 Å². The molecule has 0 radical (unpaired) electrons. The molecule has 5 aliphatic rings. The number of nitriles is 1. The Bertz CT molecular complexity index is 1990. The van der Waals surface area contributed by atoms with Gasteiger partial charge in [-0.3, -0.25) is 4.90 Å². The largest absolute Gasteiger partial charge is 0.461 e. The molecule has 0 amide bonds. The maximum absolute atomic E-state index is 17.0. The van der Waals surface area contributed by atoms with Crippen LogP contribution >= 0.6 is 11.3 Å². The normalized spacial score (nSPS) is 27.3. The summed E-state index contributed by atoms with van der Waals surface area (Å²) in [6.45, 7) is 3.19. The number of benzene rings is 2. The van der Waals surface area contributed by atoms with Crippen molar-refractivity contribution in [1.82, 2.24) is 14.9 Å². The van der Waals surface area contributed by atoms with Gasteiger partial charge in [0.25, 0.3) is 0 Å². The molecule has 246 valence electrons. The number of morpholine rings is 1. The quantitative estimate of drug-likeness (QED) is 0.237. The fraction of sp³-hybridized carbons (Fsp3) is 0.469. The number of hydrogen-bond acceptors (Lipinski definition) is 9. The zero-order valence-electron chi connectivity index (χ0n) is 25.0. The van der Waals surface area contributed by atoms with Crippen LogP contribution in [-0.2, 0) is 10.9 Å². The molecule has 0 saturated carbocycles. The second kappa shape index (κ2) is 10.6. The number of piperidine rings is 1. The van der Waals surface area contributed by atoms with E-state index in [9.17, 15) is 27.2 Å². The Balaban J connectivity index is 1.35. The summed E-state index contributed by atoms with van der Waals surface area (Å²) in [4.78, 5) is 12.7. The van der Waals surface area contributed by atoms with E-state index in [1.807, 2.05) is 17.9 Å². The van der Waals surface area contributed by atoms with E-state index in [0.717, 1.165) is 31.0 Å². The molecular weight excluding hydrogens is 646 g/mol. The second-order valence-corrected chi connectivity index (χ2v) is 13.9. The lowest BCUT2D eigenvalue weighted by atomic mass is 9.90. The van der Waals surface area contributed by atoms with Crippen LogP contribution in [0.4, 0.5) is 37.2 Å². The Morgan fingerprint density at radius 2 is 2.02 bits per heavy atom. The van der Waals surface area contributed by atoms with Gasteiger partial charge in [0.15, 0.2) is 5.82 Å². The van der Waals surface area contributed by atoms with Gasteiger partial charge in [0.05, 0.1) is 39.6 Å². The molecule has 5 fully saturated rings. The lowest BCUT2D eigenvalue weighted by Gasteiger charge is -2.52. The molecule has 4 aromatic rings. The van der Waals surface area contributed by atoms with E-state index in [-0.39, 0.29) is 81.3 Å². The van der Waals surface area contributed by atoms with Crippen molar-refractivity contribution in [3.8, 4) is 23.2 Å². The molecule has 8 nitrogen and oxygen atoms in total. The topological polar surface area (TPSA) is 101 Å². The Labute approximate surface area is 268 Å². The number of nitrogens with zero attached hydrogens (tertiary/aromatic N) is 5. The number of ether oxygens (including phenoxy) is 2. The zero-order chi connectivity index (χ0) is 33.0. The van der Waals surface area contributed by atoms with Crippen LogP contribution in [0.3, 0.4) is 0 Å². The van der Waals surface area contributed by atoms with Gasteiger partial charge >= 0.3 is 12.2 Å². The van der Waals surface area contributed by atoms with Gasteiger partial charge in [0, 0.05) is 42.3 Å². The molecular formula is C32H28F6N6O2S. The van der Waals surface area contributed by atoms with Crippen molar-refractivity contribution in [1.29, 1.82) is 5.26 Å². The van der Waals surface area contributed by atoms with Gasteiger partial charge in [-0.25, -0.2) is 13.2 Å². The standard InChI is InChI=1S/C32H28F6N6O2S/c1-14-22-7-16(46-22)12-44(14)29-18-8-20(32(36,37)38)24(17-3-4-21(34)27-23(17)19(10-39)28(40)47-27)25(35)26(18)41-30(42-29)45-13-31-5-2-6-43(31)11-15(33)9-31/h3-4,8,14-16,22H,2,5-7,9,11-13,40H2,1H3. The smallest absolute Gasteiger partial charge is 0.417 e. The first-order chi connectivity index (χ1) is 22.4. The van der Waals surface area contributed by atoms with Crippen molar-refractivity contribution in [2.75, 3.05) is 36.9 Å². The van der Waals surface area contributed by atoms with Gasteiger partial charge in [-0.2, -0.15) is 28.4 Å². The van der Waals surface area contributed by atoms with Crippen LogP contribution < -0.4 is 15.4 Å². The van der Waals surface area contributed by atoms with Crippen molar-refractivity contribution < 1.29 is 35.8 Å². The highest BCUT2D eigenvalue weighted by Gasteiger charge is 2.50. The van der Waals surface area contributed by atoms with Gasteiger partial charge in [0.1, 0.15) is 41.0 Å². The average Bonchev–Trinajstić information content (AvgIpc) is 3.65. The summed E-state index contributed by atoms with van der Waals surface area (Å²) in [5.74, 6) is -2.08. The first kappa shape index (κ1) is 30.5. The molecule has 2 N–H and O–H groups in total. The molecule has 47 heavy (non-hydrogen) atoms. The van der Waals surface area contributed by atoms with E-state index in [4.69, 9.17) is 15.2 Å². The number of nitrogens with two attached hydrogens (primary N) is 1. The third-order valence-corrected chi connectivity index (χ3v) is 11.2. The summed E-state index contributed by atoms with van der Waals surface area (Å²) < 4.78 is 103. The second-order valence-electron chi connectivity index (χ2n) is 12.9. The molecule has 5 unspecified atom stereocenters. The molecule has 5 saturated heterocycles. The van der Waals surface area contributed by atoms with Crippen LogP contribution in [0, 0.1) is 23.0 Å². The van der Waals surface area contributed by atoms with Crippen molar-refractivity contribution in [3.63, 3.8) is 0 Å². The number of hydrogen-bond donors (Lipinski definition) is 1. The van der Waals surface area contributed by atoms with Crippen LogP contribution in [0.15, 0.2) is 18.2 Å². The molecule has 5 aliphatic heterocycles. The molecule has 2 aromatic carbocycles. The van der Waals surface area contributed by atoms with Crippen LogP contribution in [0.5, 0.6) is 6.01 Å². The number of aromatic nitrogens is 2. The van der Waals surface area contributed by atoms with Crippen LogP contribution in [0.1, 0.15) is 43.7 Å². The van der Waals surface area contributed by atoms with E-state index in [1.54, 1.807) is 4.90 Å². The number of fused-ring (bicyclic) bond motifs is 5. The summed E-state index contributed by atoms with van der Waals surface area (Å²) in [7, 11) is 0. The monoisotopic (exact) mass is 674 g/mol. The van der Waals surface area contributed by atoms with Gasteiger partial charge in [0.2, 0.25) is 0 Å². The number of alkyl halides is 4. The third kappa shape index (κ3) is 4.62. The van der Waals surface area contributed by atoms with E-state index >= 15 is 4.39 Å². The fourth-order valence-electron chi connectivity index (χ4n) is 7.91. The minimum absolute atomic E-state index is 0.0235. The highest BCUT2D eigenvalue weighted by atomic mass is 32.1. The molecule has 5 atom stereocenters. The maximum Gasteiger partial charge on any atom is 0.417 e. The first-order valence-corrected chi connectivity index (χ1v) is 16.2.